The van der Waals surface area contributed by atoms with Gasteiger partial charge in [-0.15, -0.1) is 0 Å². The van der Waals surface area contributed by atoms with Gasteiger partial charge in [-0.05, 0) is 12.8 Å². The summed E-state index contributed by atoms with van der Waals surface area (Å²) in [4.78, 5) is 0. The summed E-state index contributed by atoms with van der Waals surface area (Å²) in [7, 11) is -4.16. The average molecular weight is 301 g/mol. The molecule has 1 aromatic rings. The van der Waals surface area contributed by atoms with E-state index < -0.39 is 44.7 Å². The minimum atomic E-state index is -4.16. The topological polar surface area (TPSA) is 66.4 Å². The van der Waals surface area contributed by atoms with Gasteiger partial charge < -0.3 is 5.11 Å². The maximum absolute atomic E-state index is 13.2. The smallest absolute Gasteiger partial charge is 0.232 e. The zero-order chi connectivity index (χ0) is 14.6. The van der Waals surface area contributed by atoms with Crippen molar-refractivity contribution in [3.63, 3.8) is 0 Å². The van der Waals surface area contributed by atoms with E-state index in [-0.39, 0.29) is 25.5 Å². The molecule has 0 aliphatic rings. The van der Waals surface area contributed by atoms with Crippen LogP contribution in [0.2, 0.25) is 0 Å². The van der Waals surface area contributed by atoms with Crippen LogP contribution in [0.4, 0.5) is 23.2 Å². The Morgan fingerprint density at radius 2 is 1.58 bits per heavy atom. The fourth-order valence-corrected chi connectivity index (χ4v) is 2.45. The number of hydrogen-bond donors (Lipinski definition) is 2. The van der Waals surface area contributed by atoms with Gasteiger partial charge in [-0.2, -0.15) is 0 Å². The lowest BCUT2D eigenvalue weighted by Gasteiger charge is -2.10. The first-order valence-electron chi connectivity index (χ1n) is 5.23. The Balaban J connectivity index is 2.99. The van der Waals surface area contributed by atoms with Crippen molar-refractivity contribution in [2.24, 2.45) is 0 Å². The van der Waals surface area contributed by atoms with Gasteiger partial charge >= 0.3 is 0 Å². The number of anilines is 1. The van der Waals surface area contributed by atoms with E-state index in [1.54, 1.807) is 0 Å². The van der Waals surface area contributed by atoms with Crippen molar-refractivity contribution < 1.29 is 31.1 Å². The largest absolute Gasteiger partial charge is 0.396 e. The summed E-state index contributed by atoms with van der Waals surface area (Å²) < 4.78 is 76.4. The quantitative estimate of drug-likeness (QED) is 0.478. The molecule has 0 atom stereocenters. The number of halogens is 4. The summed E-state index contributed by atoms with van der Waals surface area (Å²) in [5, 5.41) is 8.48. The molecule has 0 spiro atoms. The van der Waals surface area contributed by atoms with Gasteiger partial charge in [0.25, 0.3) is 0 Å². The van der Waals surface area contributed by atoms with Crippen LogP contribution >= 0.6 is 0 Å². The molecule has 19 heavy (non-hydrogen) atoms. The van der Waals surface area contributed by atoms with Crippen molar-refractivity contribution >= 4 is 15.7 Å². The van der Waals surface area contributed by atoms with Gasteiger partial charge in [0, 0.05) is 12.7 Å². The van der Waals surface area contributed by atoms with Crippen LogP contribution < -0.4 is 4.72 Å². The standard InChI is InChI=1S/C10H11F4NO3S/c11-6-5-7(12)9(14)10(8(6)13)15-19(17,18)4-2-1-3-16/h5,15-16H,1-4H2. The van der Waals surface area contributed by atoms with Crippen LogP contribution in [0.5, 0.6) is 0 Å². The van der Waals surface area contributed by atoms with Crippen molar-refractivity contribution in [1.82, 2.24) is 0 Å². The summed E-state index contributed by atoms with van der Waals surface area (Å²) in [6, 6.07) is -0.0196. The SMILES string of the molecule is O=S(=O)(CCCCO)Nc1c(F)c(F)cc(F)c1F. The first kappa shape index (κ1) is 15.7. The van der Waals surface area contributed by atoms with Crippen LogP contribution in [0.1, 0.15) is 12.8 Å². The Kier molecular flexibility index (Phi) is 5.12. The summed E-state index contributed by atoms with van der Waals surface area (Å²) in [6.07, 6.45) is 0.205. The second kappa shape index (κ2) is 6.20. The number of benzene rings is 1. The van der Waals surface area contributed by atoms with Crippen molar-refractivity contribution in [3.8, 4) is 0 Å². The monoisotopic (exact) mass is 301 g/mol. The van der Waals surface area contributed by atoms with Gasteiger partial charge in [-0.25, -0.2) is 26.0 Å². The van der Waals surface area contributed by atoms with Crippen molar-refractivity contribution in [2.45, 2.75) is 12.8 Å². The maximum Gasteiger partial charge on any atom is 0.232 e. The zero-order valence-corrected chi connectivity index (χ0v) is 10.4. The molecule has 0 aliphatic heterocycles. The lowest BCUT2D eigenvalue weighted by molar-refractivity contribution is 0.287. The summed E-state index contributed by atoms with van der Waals surface area (Å²) in [6.45, 7) is -0.243. The molecule has 0 amide bonds. The fourth-order valence-electron chi connectivity index (χ4n) is 1.27. The number of aliphatic hydroxyl groups is 1. The van der Waals surface area contributed by atoms with E-state index in [1.807, 2.05) is 0 Å². The van der Waals surface area contributed by atoms with Gasteiger partial charge in [-0.3, -0.25) is 4.72 Å². The Labute approximate surface area is 107 Å². The minimum Gasteiger partial charge on any atom is -0.396 e. The van der Waals surface area contributed by atoms with Gasteiger partial charge in [0.15, 0.2) is 23.3 Å². The molecule has 0 fully saturated rings. The minimum absolute atomic E-state index is 0.0196. The molecule has 0 bridgehead atoms. The van der Waals surface area contributed by atoms with E-state index in [0.29, 0.717) is 0 Å². The van der Waals surface area contributed by atoms with Crippen molar-refractivity contribution in [3.05, 3.63) is 29.3 Å². The van der Waals surface area contributed by atoms with Gasteiger partial charge in [0.1, 0.15) is 5.69 Å². The third-order valence-electron chi connectivity index (χ3n) is 2.19. The number of sulfonamides is 1. The van der Waals surface area contributed by atoms with Crippen LogP contribution in [-0.2, 0) is 10.0 Å². The second-order valence-corrected chi connectivity index (χ2v) is 5.54. The molecule has 0 aromatic heterocycles. The summed E-state index contributed by atoms with van der Waals surface area (Å²) in [5.74, 6) is -7.57. The first-order chi connectivity index (χ1) is 8.78. The molecule has 2 N–H and O–H groups in total. The molecule has 0 radical (unpaired) electrons. The van der Waals surface area contributed by atoms with E-state index >= 15 is 0 Å². The number of aliphatic hydroxyl groups excluding tert-OH is 1. The van der Waals surface area contributed by atoms with Gasteiger partial charge in [0.05, 0.1) is 5.75 Å². The molecule has 0 saturated heterocycles. The van der Waals surface area contributed by atoms with Gasteiger partial charge in [0.2, 0.25) is 10.0 Å². The van der Waals surface area contributed by atoms with Crippen LogP contribution in [0.3, 0.4) is 0 Å². The summed E-state index contributed by atoms with van der Waals surface area (Å²) >= 11 is 0. The van der Waals surface area contributed by atoms with E-state index in [1.165, 1.54) is 4.72 Å². The number of hydrogen-bond acceptors (Lipinski definition) is 3. The molecule has 0 unspecified atom stereocenters. The van der Waals surface area contributed by atoms with Crippen LogP contribution in [0, 0.1) is 23.3 Å². The molecular formula is C10H11F4NO3S. The van der Waals surface area contributed by atoms with Crippen LogP contribution in [0.25, 0.3) is 0 Å². The van der Waals surface area contributed by atoms with Crippen LogP contribution in [-0.4, -0.2) is 25.9 Å². The highest BCUT2D eigenvalue weighted by Gasteiger charge is 2.23. The highest BCUT2D eigenvalue weighted by Crippen LogP contribution is 2.25. The number of unbranched alkanes of at least 4 members (excludes halogenated alkanes) is 1. The fraction of sp³-hybridized carbons (Fsp3) is 0.400. The number of nitrogens with one attached hydrogen (secondary N) is 1. The van der Waals surface area contributed by atoms with E-state index in [2.05, 4.69) is 0 Å². The maximum atomic E-state index is 13.2. The Morgan fingerprint density at radius 1 is 1.05 bits per heavy atom. The molecule has 1 aromatic carbocycles. The first-order valence-corrected chi connectivity index (χ1v) is 6.88. The lowest BCUT2D eigenvalue weighted by atomic mass is 10.3. The second-order valence-electron chi connectivity index (χ2n) is 3.69. The highest BCUT2D eigenvalue weighted by molar-refractivity contribution is 7.92. The lowest BCUT2D eigenvalue weighted by Crippen LogP contribution is -2.19. The molecular weight excluding hydrogens is 290 g/mol. The van der Waals surface area contributed by atoms with Crippen molar-refractivity contribution in [2.75, 3.05) is 17.1 Å². The molecule has 0 heterocycles. The predicted octanol–water partition coefficient (Wildman–Crippen LogP) is 1.76. The molecule has 0 aliphatic carbocycles. The van der Waals surface area contributed by atoms with E-state index in [4.69, 9.17) is 5.11 Å². The molecule has 9 heteroatoms. The molecule has 1 rings (SSSR count). The Hall–Kier alpha value is -1.35. The Morgan fingerprint density at radius 3 is 2.05 bits per heavy atom. The summed E-state index contributed by atoms with van der Waals surface area (Å²) in [5.41, 5.74) is -1.39. The predicted molar refractivity (Wildman–Crippen MR) is 60.0 cm³/mol. The zero-order valence-electron chi connectivity index (χ0n) is 9.59. The van der Waals surface area contributed by atoms with E-state index in [0.717, 1.165) is 0 Å². The molecule has 108 valence electrons. The number of rotatable bonds is 6. The Bertz CT molecular complexity index is 536. The van der Waals surface area contributed by atoms with E-state index in [9.17, 15) is 26.0 Å². The molecule has 4 nitrogen and oxygen atoms in total. The van der Waals surface area contributed by atoms with Crippen LogP contribution in [0.15, 0.2) is 6.07 Å². The normalized spacial score (nSPS) is 11.6. The highest BCUT2D eigenvalue weighted by atomic mass is 32.2. The van der Waals surface area contributed by atoms with Gasteiger partial charge in [-0.1, -0.05) is 0 Å². The third kappa shape index (κ3) is 4.06. The molecule has 0 saturated carbocycles. The third-order valence-corrected chi connectivity index (χ3v) is 3.53. The van der Waals surface area contributed by atoms with Crippen molar-refractivity contribution in [1.29, 1.82) is 0 Å². The average Bonchev–Trinajstić information content (AvgIpc) is 2.32.